The molecule has 0 radical (unpaired) electrons. The van der Waals surface area contributed by atoms with Gasteiger partial charge in [0.1, 0.15) is 6.73 Å². The Kier molecular flexibility index (Phi) is 10.0. The van der Waals surface area contributed by atoms with Gasteiger partial charge in [-0.1, -0.05) is 49.6 Å². The molecule has 0 atom stereocenters. The third-order valence-corrected chi connectivity index (χ3v) is 8.11. The Morgan fingerprint density at radius 2 is 1.86 bits per heavy atom. The molecule has 0 aliphatic heterocycles. The van der Waals surface area contributed by atoms with Crippen molar-refractivity contribution in [3.05, 3.63) is 89.8 Å². The quantitative estimate of drug-likeness (QED) is 0.112. The number of amides is 1. The Balaban J connectivity index is 1.82. The number of aromatic nitrogens is 1. The maximum Gasteiger partial charge on any atom is 0.252 e. The predicted octanol–water partition coefficient (Wildman–Crippen LogP) is 6.40. The summed E-state index contributed by atoms with van der Waals surface area (Å²) in [4.78, 5) is 18.4. The first-order valence-corrected chi connectivity index (χ1v) is 16.4. The fourth-order valence-corrected chi connectivity index (χ4v) is 5.03. The first kappa shape index (κ1) is 27.4. The summed E-state index contributed by atoms with van der Waals surface area (Å²) in [5.74, 6) is -0.120. The Labute approximate surface area is 219 Å². The van der Waals surface area contributed by atoms with Crippen LogP contribution in [0.1, 0.15) is 21.6 Å². The number of allylic oxidation sites excluding steroid dienone is 1. The smallest absolute Gasteiger partial charge is 0.252 e. The molecule has 36 heavy (non-hydrogen) atoms. The molecule has 0 unspecified atom stereocenters. The van der Waals surface area contributed by atoms with Gasteiger partial charge in [-0.25, -0.2) is 0 Å². The van der Waals surface area contributed by atoms with Crippen LogP contribution in [0, 0.1) is 5.41 Å². The molecular weight excluding hydrogens is 484 g/mol. The molecule has 0 spiro atoms. The van der Waals surface area contributed by atoms with Gasteiger partial charge < -0.3 is 20.8 Å². The average molecular weight is 519 g/mol. The van der Waals surface area contributed by atoms with Crippen LogP contribution in [0.2, 0.25) is 25.7 Å². The van der Waals surface area contributed by atoms with Crippen LogP contribution >= 0.6 is 11.8 Å². The fraction of sp³-hybridized carbons (Fsp3) is 0.250. The van der Waals surface area contributed by atoms with E-state index >= 15 is 0 Å². The van der Waals surface area contributed by atoms with Crippen molar-refractivity contribution < 1.29 is 9.53 Å². The maximum absolute atomic E-state index is 12.3. The second-order valence-corrected chi connectivity index (χ2v) is 16.2. The predicted molar refractivity (Wildman–Crippen MR) is 153 cm³/mol. The third-order valence-electron chi connectivity index (χ3n) is 5.34. The van der Waals surface area contributed by atoms with Crippen LogP contribution in [0.15, 0.2) is 82.7 Å². The van der Waals surface area contributed by atoms with Gasteiger partial charge in [0.15, 0.2) is 0 Å². The molecular formula is C28H34N4O2SSi. The van der Waals surface area contributed by atoms with Gasteiger partial charge in [0, 0.05) is 49.0 Å². The SMILES string of the molecule is CNC(=O)c1ccccc1Sc1ccc(C(=N)/C=C/c2ccccn2)c(NCOCC[Si](C)(C)C)c1. The molecule has 0 saturated heterocycles. The van der Waals surface area contributed by atoms with Crippen molar-refractivity contribution in [2.45, 2.75) is 35.5 Å². The lowest BCUT2D eigenvalue weighted by Crippen LogP contribution is -2.22. The van der Waals surface area contributed by atoms with Crippen molar-refractivity contribution in [1.82, 2.24) is 10.3 Å². The topological polar surface area (TPSA) is 87.1 Å². The molecule has 3 N–H and O–H groups in total. The normalized spacial score (nSPS) is 11.4. The van der Waals surface area contributed by atoms with Crippen molar-refractivity contribution in [3.63, 3.8) is 0 Å². The minimum atomic E-state index is -1.17. The minimum Gasteiger partial charge on any atom is -0.362 e. The highest BCUT2D eigenvalue weighted by atomic mass is 32.2. The molecule has 3 rings (SSSR count). The van der Waals surface area contributed by atoms with Gasteiger partial charge in [0.25, 0.3) is 5.91 Å². The first-order valence-electron chi connectivity index (χ1n) is 11.9. The molecule has 1 aromatic heterocycles. The van der Waals surface area contributed by atoms with E-state index in [-0.39, 0.29) is 5.91 Å². The van der Waals surface area contributed by atoms with E-state index in [2.05, 4.69) is 35.3 Å². The van der Waals surface area contributed by atoms with Gasteiger partial charge in [-0.3, -0.25) is 9.78 Å². The summed E-state index contributed by atoms with van der Waals surface area (Å²) < 4.78 is 5.87. The van der Waals surface area contributed by atoms with Crippen LogP contribution in [0.25, 0.3) is 6.08 Å². The van der Waals surface area contributed by atoms with Crippen LogP contribution in [0.4, 0.5) is 5.69 Å². The van der Waals surface area contributed by atoms with Crippen LogP contribution in [-0.4, -0.2) is 45.1 Å². The zero-order valence-electron chi connectivity index (χ0n) is 21.3. The molecule has 0 bridgehead atoms. The molecule has 2 aromatic carbocycles. The largest absolute Gasteiger partial charge is 0.362 e. The number of anilines is 1. The van der Waals surface area contributed by atoms with E-state index in [4.69, 9.17) is 10.1 Å². The highest BCUT2D eigenvalue weighted by molar-refractivity contribution is 7.99. The highest BCUT2D eigenvalue weighted by Crippen LogP contribution is 2.33. The molecule has 188 valence electrons. The lowest BCUT2D eigenvalue weighted by atomic mass is 10.1. The van der Waals surface area contributed by atoms with Gasteiger partial charge >= 0.3 is 0 Å². The summed E-state index contributed by atoms with van der Waals surface area (Å²) in [5.41, 5.74) is 3.36. The fourth-order valence-electron chi connectivity index (χ4n) is 3.29. The Hall–Kier alpha value is -3.20. The molecule has 6 nitrogen and oxygen atoms in total. The van der Waals surface area contributed by atoms with E-state index in [1.165, 1.54) is 11.8 Å². The summed E-state index contributed by atoms with van der Waals surface area (Å²) in [6.07, 6.45) is 5.32. The molecule has 0 fully saturated rings. The van der Waals surface area contributed by atoms with E-state index in [1.54, 1.807) is 19.3 Å². The second kappa shape index (κ2) is 13.2. The van der Waals surface area contributed by atoms with E-state index in [0.29, 0.717) is 24.6 Å². The van der Waals surface area contributed by atoms with E-state index in [1.807, 2.05) is 66.7 Å². The zero-order valence-corrected chi connectivity index (χ0v) is 23.1. The van der Waals surface area contributed by atoms with E-state index in [0.717, 1.165) is 32.8 Å². The van der Waals surface area contributed by atoms with Crippen molar-refractivity contribution >= 4 is 43.2 Å². The van der Waals surface area contributed by atoms with Crippen LogP contribution in [0.5, 0.6) is 0 Å². The number of rotatable bonds is 12. The van der Waals surface area contributed by atoms with E-state index in [9.17, 15) is 4.79 Å². The number of nitrogens with one attached hydrogen (secondary N) is 3. The van der Waals surface area contributed by atoms with Crippen LogP contribution in [-0.2, 0) is 4.74 Å². The number of hydrogen-bond donors (Lipinski definition) is 3. The monoisotopic (exact) mass is 518 g/mol. The number of nitrogens with zero attached hydrogens (tertiary/aromatic N) is 1. The first-order chi connectivity index (χ1) is 17.3. The molecule has 0 saturated carbocycles. The lowest BCUT2D eigenvalue weighted by molar-refractivity contribution is 0.0960. The summed E-state index contributed by atoms with van der Waals surface area (Å²) in [6.45, 7) is 8.05. The van der Waals surface area contributed by atoms with Gasteiger partial charge in [-0.05, 0) is 60.7 Å². The highest BCUT2D eigenvalue weighted by Gasteiger charge is 2.14. The lowest BCUT2D eigenvalue weighted by Gasteiger charge is -2.17. The van der Waals surface area contributed by atoms with Crippen LogP contribution < -0.4 is 10.6 Å². The van der Waals surface area contributed by atoms with Gasteiger partial charge in [-0.15, -0.1) is 0 Å². The number of hydrogen-bond acceptors (Lipinski definition) is 6. The minimum absolute atomic E-state index is 0.120. The van der Waals surface area contributed by atoms with Crippen molar-refractivity contribution in [2.24, 2.45) is 0 Å². The summed E-state index contributed by atoms with van der Waals surface area (Å²) >= 11 is 1.52. The van der Waals surface area contributed by atoms with Crippen molar-refractivity contribution in [2.75, 3.05) is 25.7 Å². The maximum atomic E-state index is 12.3. The van der Waals surface area contributed by atoms with Crippen molar-refractivity contribution in [1.29, 1.82) is 5.41 Å². The number of benzene rings is 2. The standard InChI is InChI=1S/C28H34N4O2SSi/c1-30-28(33)24-10-5-6-11-27(24)35-22-13-14-23(25(29)15-12-21-9-7-8-16-31-21)26(19-22)32-20-34-17-18-36(2,3)4/h5-16,19,29,32H,17-18,20H2,1-4H3,(H,30,33)/b15-12+,29-25?. The van der Waals surface area contributed by atoms with Gasteiger partial charge in [0.2, 0.25) is 0 Å². The van der Waals surface area contributed by atoms with Gasteiger partial charge in [0.05, 0.1) is 17.0 Å². The van der Waals surface area contributed by atoms with Crippen molar-refractivity contribution in [3.8, 4) is 0 Å². The zero-order chi connectivity index (χ0) is 26.0. The molecule has 1 amide bonds. The number of pyridine rings is 1. The second-order valence-electron chi connectivity index (χ2n) is 9.43. The Bertz CT molecular complexity index is 1210. The summed E-state index contributed by atoms with van der Waals surface area (Å²) in [6, 6.07) is 20.2. The molecule has 0 aliphatic rings. The Morgan fingerprint density at radius 1 is 1.08 bits per heavy atom. The van der Waals surface area contributed by atoms with Crippen LogP contribution in [0.3, 0.4) is 0 Å². The molecule has 8 heteroatoms. The number of ether oxygens (including phenoxy) is 1. The average Bonchev–Trinajstić information content (AvgIpc) is 2.87. The third kappa shape index (κ3) is 8.48. The number of carbonyl (C=O) groups excluding carboxylic acids is 1. The molecule has 0 aliphatic carbocycles. The summed E-state index contributed by atoms with van der Waals surface area (Å²) in [7, 11) is 0.465. The molecule has 1 heterocycles. The van der Waals surface area contributed by atoms with E-state index < -0.39 is 8.07 Å². The number of carbonyl (C=O) groups is 1. The van der Waals surface area contributed by atoms with Gasteiger partial charge in [-0.2, -0.15) is 0 Å². The Morgan fingerprint density at radius 3 is 2.58 bits per heavy atom. The molecule has 3 aromatic rings. The summed E-state index contributed by atoms with van der Waals surface area (Å²) in [5, 5.41) is 14.7.